The van der Waals surface area contributed by atoms with Crippen LogP contribution in [0, 0.1) is 0 Å². The molecule has 1 aromatic rings. The molecule has 0 bridgehead atoms. The maximum Gasteiger partial charge on any atom is 0.411 e. The number of benzene rings is 1. The van der Waals surface area contributed by atoms with Crippen LogP contribution < -0.4 is 15.5 Å². The minimum Gasteiger partial charge on any atom is -0.453 e. The first-order valence-electron chi connectivity index (χ1n) is 9.60. The number of amides is 3. The Labute approximate surface area is 169 Å². The number of piperazine rings is 2. The first kappa shape index (κ1) is 20.7. The number of methoxy groups -OCH3 is 2. The van der Waals surface area contributed by atoms with Gasteiger partial charge in [0.15, 0.2) is 0 Å². The fraction of sp³-hybridized carbons (Fsp3) is 0.526. The second-order valence-corrected chi connectivity index (χ2v) is 6.83. The van der Waals surface area contributed by atoms with Gasteiger partial charge in [0, 0.05) is 57.9 Å². The van der Waals surface area contributed by atoms with E-state index in [0.717, 1.165) is 18.8 Å². The summed E-state index contributed by atoms with van der Waals surface area (Å²) >= 11 is 0. The summed E-state index contributed by atoms with van der Waals surface area (Å²) in [5.41, 5.74) is 1.79. The van der Waals surface area contributed by atoms with Crippen molar-refractivity contribution >= 4 is 29.5 Å². The van der Waals surface area contributed by atoms with Crippen molar-refractivity contribution in [1.82, 2.24) is 15.1 Å². The third kappa shape index (κ3) is 4.89. The second kappa shape index (κ2) is 9.46. The van der Waals surface area contributed by atoms with E-state index in [1.54, 1.807) is 21.9 Å². The highest BCUT2D eigenvalue weighted by atomic mass is 16.5. The van der Waals surface area contributed by atoms with Gasteiger partial charge in [-0.2, -0.15) is 0 Å². The number of nitrogens with zero attached hydrogens (tertiary/aromatic N) is 3. The lowest BCUT2D eigenvalue weighted by atomic mass is 10.1. The first-order chi connectivity index (χ1) is 14.0. The van der Waals surface area contributed by atoms with Crippen LogP contribution in [0.1, 0.15) is 10.4 Å². The highest BCUT2D eigenvalue weighted by molar-refractivity contribution is 5.98. The standard InChI is InChI=1S/C19H27N5O5/c1-28-18(26)21-15-13-14(17(25)23-7-5-20-6-8-23)3-4-16(15)22-9-11-24(12-10-22)19(27)29-2/h3-4,13,20H,5-12H2,1-2H3,(H,21,26). The van der Waals surface area contributed by atoms with Gasteiger partial charge in [0.2, 0.25) is 0 Å². The van der Waals surface area contributed by atoms with Crippen LogP contribution in [0.15, 0.2) is 18.2 Å². The van der Waals surface area contributed by atoms with Gasteiger partial charge in [0.05, 0.1) is 25.6 Å². The Hall–Kier alpha value is -3.01. The topological polar surface area (TPSA) is 103 Å². The molecular weight excluding hydrogens is 378 g/mol. The molecule has 29 heavy (non-hydrogen) atoms. The predicted octanol–water partition coefficient (Wildman–Crippen LogP) is 0.799. The minimum atomic E-state index is -0.605. The Morgan fingerprint density at radius 2 is 1.62 bits per heavy atom. The molecule has 10 nitrogen and oxygen atoms in total. The SMILES string of the molecule is COC(=O)Nc1cc(C(=O)N2CCNCC2)ccc1N1CCN(C(=O)OC)CC1. The van der Waals surface area contributed by atoms with E-state index in [9.17, 15) is 14.4 Å². The van der Waals surface area contributed by atoms with Gasteiger partial charge in [-0.05, 0) is 18.2 Å². The smallest absolute Gasteiger partial charge is 0.411 e. The second-order valence-electron chi connectivity index (χ2n) is 6.83. The van der Waals surface area contributed by atoms with Crippen molar-refractivity contribution in [2.24, 2.45) is 0 Å². The molecule has 0 atom stereocenters. The molecule has 2 aliphatic rings. The lowest BCUT2D eigenvalue weighted by Crippen LogP contribution is -2.49. The van der Waals surface area contributed by atoms with Crippen LogP contribution >= 0.6 is 0 Å². The normalized spacial score (nSPS) is 17.0. The highest BCUT2D eigenvalue weighted by Gasteiger charge is 2.25. The number of nitrogens with one attached hydrogen (secondary N) is 2. The zero-order chi connectivity index (χ0) is 20.8. The molecule has 0 aliphatic carbocycles. The Bertz CT molecular complexity index is 757. The number of rotatable bonds is 3. The summed E-state index contributed by atoms with van der Waals surface area (Å²) in [5.74, 6) is -0.0681. The van der Waals surface area contributed by atoms with Crippen molar-refractivity contribution in [2.75, 3.05) is 76.8 Å². The van der Waals surface area contributed by atoms with Crippen LogP contribution in [0.3, 0.4) is 0 Å². The number of anilines is 2. The highest BCUT2D eigenvalue weighted by Crippen LogP contribution is 2.29. The van der Waals surface area contributed by atoms with E-state index < -0.39 is 6.09 Å². The molecule has 158 valence electrons. The zero-order valence-corrected chi connectivity index (χ0v) is 16.8. The van der Waals surface area contributed by atoms with E-state index in [0.29, 0.717) is 50.5 Å². The summed E-state index contributed by atoms with van der Waals surface area (Å²) < 4.78 is 9.50. The Kier molecular flexibility index (Phi) is 6.76. The lowest BCUT2D eigenvalue weighted by Gasteiger charge is -2.36. The summed E-state index contributed by atoms with van der Waals surface area (Å²) in [4.78, 5) is 41.9. The molecule has 2 saturated heterocycles. The van der Waals surface area contributed by atoms with E-state index in [2.05, 4.69) is 15.5 Å². The number of hydrogen-bond donors (Lipinski definition) is 2. The summed E-state index contributed by atoms with van der Waals surface area (Å²) in [5, 5.41) is 5.93. The minimum absolute atomic E-state index is 0.0681. The number of carbonyl (C=O) groups excluding carboxylic acids is 3. The van der Waals surface area contributed by atoms with Gasteiger partial charge in [-0.3, -0.25) is 10.1 Å². The third-order valence-corrected chi connectivity index (χ3v) is 5.12. The molecule has 2 heterocycles. The average Bonchev–Trinajstić information content (AvgIpc) is 2.78. The monoisotopic (exact) mass is 405 g/mol. The zero-order valence-electron chi connectivity index (χ0n) is 16.8. The predicted molar refractivity (Wildman–Crippen MR) is 107 cm³/mol. The van der Waals surface area contributed by atoms with E-state index in [4.69, 9.17) is 9.47 Å². The number of carbonyl (C=O) groups is 3. The molecule has 10 heteroatoms. The molecule has 3 amide bonds. The molecule has 0 unspecified atom stereocenters. The van der Waals surface area contributed by atoms with Crippen molar-refractivity contribution in [3.63, 3.8) is 0 Å². The van der Waals surface area contributed by atoms with Gasteiger partial charge >= 0.3 is 12.2 Å². The van der Waals surface area contributed by atoms with Crippen molar-refractivity contribution in [3.8, 4) is 0 Å². The Balaban J connectivity index is 1.80. The molecule has 1 aromatic carbocycles. The summed E-state index contributed by atoms with van der Waals surface area (Å²) in [6.45, 7) is 5.00. The molecule has 2 N–H and O–H groups in total. The van der Waals surface area contributed by atoms with Crippen molar-refractivity contribution < 1.29 is 23.9 Å². The third-order valence-electron chi connectivity index (χ3n) is 5.12. The number of ether oxygens (including phenoxy) is 2. The van der Waals surface area contributed by atoms with Gasteiger partial charge in [0.25, 0.3) is 5.91 Å². The van der Waals surface area contributed by atoms with Crippen molar-refractivity contribution in [3.05, 3.63) is 23.8 Å². The summed E-state index contributed by atoms with van der Waals surface area (Å²) in [7, 11) is 2.65. The Morgan fingerprint density at radius 3 is 2.24 bits per heavy atom. The molecule has 0 aromatic heterocycles. The summed E-state index contributed by atoms with van der Waals surface area (Å²) in [6.07, 6.45) is -0.958. The van der Waals surface area contributed by atoms with Crippen LogP contribution in [0.5, 0.6) is 0 Å². The molecule has 0 radical (unpaired) electrons. The molecular formula is C19H27N5O5. The van der Waals surface area contributed by atoms with Gasteiger partial charge in [-0.25, -0.2) is 9.59 Å². The van der Waals surface area contributed by atoms with Crippen LogP contribution in [0.2, 0.25) is 0 Å². The first-order valence-corrected chi connectivity index (χ1v) is 9.60. The Morgan fingerprint density at radius 1 is 0.931 bits per heavy atom. The fourth-order valence-electron chi connectivity index (χ4n) is 3.52. The molecule has 2 fully saturated rings. The van der Waals surface area contributed by atoms with Crippen LogP contribution in [-0.4, -0.2) is 94.5 Å². The van der Waals surface area contributed by atoms with Gasteiger partial charge < -0.3 is 29.5 Å². The van der Waals surface area contributed by atoms with Gasteiger partial charge in [0.1, 0.15) is 0 Å². The van der Waals surface area contributed by atoms with Crippen LogP contribution in [0.25, 0.3) is 0 Å². The summed E-state index contributed by atoms with van der Waals surface area (Å²) in [6, 6.07) is 5.28. The van der Waals surface area contributed by atoms with Gasteiger partial charge in [-0.1, -0.05) is 0 Å². The quantitative estimate of drug-likeness (QED) is 0.767. The van der Waals surface area contributed by atoms with Crippen LogP contribution in [-0.2, 0) is 9.47 Å². The van der Waals surface area contributed by atoms with Crippen molar-refractivity contribution in [2.45, 2.75) is 0 Å². The van der Waals surface area contributed by atoms with E-state index >= 15 is 0 Å². The maximum absolute atomic E-state index is 12.8. The molecule has 0 saturated carbocycles. The molecule has 0 spiro atoms. The average molecular weight is 405 g/mol. The largest absolute Gasteiger partial charge is 0.453 e. The van der Waals surface area contributed by atoms with Gasteiger partial charge in [-0.15, -0.1) is 0 Å². The van der Waals surface area contributed by atoms with E-state index in [1.807, 2.05) is 6.07 Å². The lowest BCUT2D eigenvalue weighted by molar-refractivity contribution is 0.0735. The number of hydrogen-bond acceptors (Lipinski definition) is 7. The molecule has 3 rings (SSSR count). The van der Waals surface area contributed by atoms with E-state index in [-0.39, 0.29) is 12.0 Å². The van der Waals surface area contributed by atoms with E-state index in [1.165, 1.54) is 14.2 Å². The fourth-order valence-corrected chi connectivity index (χ4v) is 3.52. The molecule has 2 aliphatic heterocycles. The maximum atomic E-state index is 12.8. The van der Waals surface area contributed by atoms with Crippen molar-refractivity contribution in [1.29, 1.82) is 0 Å². The van der Waals surface area contributed by atoms with Crippen LogP contribution in [0.4, 0.5) is 21.0 Å².